The van der Waals surface area contributed by atoms with Gasteiger partial charge in [0, 0.05) is 18.7 Å². The third-order valence-electron chi connectivity index (χ3n) is 6.78. The highest BCUT2D eigenvalue weighted by Gasteiger charge is 2.37. The van der Waals surface area contributed by atoms with Gasteiger partial charge in [-0.3, -0.25) is 4.79 Å². The van der Waals surface area contributed by atoms with Gasteiger partial charge in [0.25, 0.3) is 5.91 Å². The van der Waals surface area contributed by atoms with Crippen molar-refractivity contribution >= 4 is 5.91 Å². The van der Waals surface area contributed by atoms with Gasteiger partial charge >= 0.3 is 12.4 Å². The van der Waals surface area contributed by atoms with Crippen LogP contribution in [-0.2, 0) is 23.6 Å². The quantitative estimate of drug-likeness (QED) is 0.291. The number of amides is 1. The van der Waals surface area contributed by atoms with Crippen molar-refractivity contribution in [3.05, 3.63) is 89.5 Å². The molecule has 1 aliphatic rings. The van der Waals surface area contributed by atoms with E-state index in [4.69, 9.17) is 4.74 Å². The van der Waals surface area contributed by atoms with E-state index in [1.165, 1.54) is 0 Å². The molecular weight excluding hydrogens is 508 g/mol. The van der Waals surface area contributed by atoms with Gasteiger partial charge in [0.2, 0.25) is 0 Å². The van der Waals surface area contributed by atoms with E-state index in [9.17, 15) is 31.1 Å². The van der Waals surface area contributed by atoms with Gasteiger partial charge in [-0.1, -0.05) is 48.5 Å². The van der Waals surface area contributed by atoms with Gasteiger partial charge in [-0.25, -0.2) is 0 Å². The van der Waals surface area contributed by atoms with Crippen LogP contribution < -0.4 is 4.74 Å². The third-order valence-corrected chi connectivity index (χ3v) is 6.78. The molecule has 4 rings (SSSR count). The average molecular weight is 536 g/mol. The number of hydrogen-bond donors (Lipinski definition) is 0. The number of carbonyl (C=O) groups excluding carboxylic acids is 1. The van der Waals surface area contributed by atoms with Crippen LogP contribution in [0.15, 0.2) is 72.8 Å². The Morgan fingerprint density at radius 2 is 1.39 bits per heavy atom. The summed E-state index contributed by atoms with van der Waals surface area (Å²) in [6, 6.07) is 18.8. The minimum Gasteiger partial charge on any atom is -0.483 e. The zero-order valence-corrected chi connectivity index (χ0v) is 20.5. The molecule has 0 atom stereocenters. The molecule has 0 aromatic heterocycles. The van der Waals surface area contributed by atoms with E-state index < -0.39 is 23.5 Å². The Morgan fingerprint density at radius 3 is 2.00 bits per heavy atom. The largest absolute Gasteiger partial charge is 0.483 e. The van der Waals surface area contributed by atoms with Crippen LogP contribution in [0.3, 0.4) is 0 Å². The molecule has 0 radical (unpaired) electrons. The van der Waals surface area contributed by atoms with Gasteiger partial charge in [0.1, 0.15) is 5.75 Å². The van der Waals surface area contributed by atoms with Crippen molar-refractivity contribution in [1.29, 1.82) is 0 Å². The number of likely N-dealkylation sites (tertiary alicyclic amines) is 1. The molecule has 0 bridgehead atoms. The molecule has 1 amide bonds. The zero-order chi connectivity index (χ0) is 27.3. The van der Waals surface area contributed by atoms with Gasteiger partial charge in [-0.2, -0.15) is 26.3 Å². The molecule has 202 valence electrons. The second-order valence-electron chi connectivity index (χ2n) is 9.43. The van der Waals surface area contributed by atoms with Crippen molar-refractivity contribution < 1.29 is 35.9 Å². The van der Waals surface area contributed by atoms with Gasteiger partial charge in [-0.05, 0) is 67.0 Å². The molecule has 0 unspecified atom stereocenters. The summed E-state index contributed by atoms with van der Waals surface area (Å²) in [5.74, 6) is 0.530. The smallest absolute Gasteiger partial charge is 0.416 e. The number of aryl methyl sites for hydroxylation is 1. The van der Waals surface area contributed by atoms with Crippen LogP contribution in [0, 0.1) is 5.92 Å². The van der Waals surface area contributed by atoms with Crippen LogP contribution in [-0.4, -0.2) is 30.5 Å². The lowest BCUT2D eigenvalue weighted by Gasteiger charge is -2.32. The number of carbonyl (C=O) groups is 1. The Morgan fingerprint density at radius 1 is 0.816 bits per heavy atom. The highest BCUT2D eigenvalue weighted by Crippen LogP contribution is 2.37. The topological polar surface area (TPSA) is 29.5 Å². The lowest BCUT2D eigenvalue weighted by atomic mass is 9.89. The Bertz CT molecular complexity index is 1200. The van der Waals surface area contributed by atoms with Crippen molar-refractivity contribution in [2.45, 2.75) is 38.0 Å². The summed E-state index contributed by atoms with van der Waals surface area (Å²) in [5.41, 5.74) is -0.730. The fraction of sp³-hybridized carbons (Fsp3) is 0.345. The fourth-order valence-corrected chi connectivity index (χ4v) is 4.68. The minimum atomic E-state index is -4.86. The molecule has 38 heavy (non-hydrogen) atoms. The lowest BCUT2D eigenvalue weighted by molar-refractivity contribution is -0.143. The van der Waals surface area contributed by atoms with Gasteiger partial charge in [0.05, 0.1) is 11.1 Å². The van der Waals surface area contributed by atoms with Gasteiger partial charge < -0.3 is 9.64 Å². The van der Waals surface area contributed by atoms with Gasteiger partial charge in [0.15, 0.2) is 6.61 Å². The van der Waals surface area contributed by atoms with Crippen LogP contribution in [0.1, 0.15) is 36.0 Å². The second kappa shape index (κ2) is 11.5. The molecule has 1 fully saturated rings. The molecule has 3 aromatic carbocycles. The minimum absolute atomic E-state index is 0.0103. The van der Waals surface area contributed by atoms with Crippen molar-refractivity contribution in [2.75, 3.05) is 19.7 Å². The Balaban J connectivity index is 1.30. The number of piperidine rings is 1. The normalized spacial score (nSPS) is 14.9. The molecule has 0 N–H and O–H groups in total. The third kappa shape index (κ3) is 7.08. The Hall–Kier alpha value is -3.49. The molecule has 1 aliphatic heterocycles. The van der Waals surface area contributed by atoms with Crippen molar-refractivity contribution in [1.82, 2.24) is 4.90 Å². The number of benzene rings is 3. The van der Waals surface area contributed by atoms with Crippen LogP contribution >= 0.6 is 0 Å². The number of para-hydroxylation sites is 1. The van der Waals surface area contributed by atoms with Crippen molar-refractivity contribution in [2.24, 2.45) is 5.92 Å². The molecule has 0 aliphatic carbocycles. The molecule has 0 spiro atoms. The van der Waals surface area contributed by atoms with E-state index in [2.05, 4.69) is 0 Å². The summed E-state index contributed by atoms with van der Waals surface area (Å²) >= 11 is 0. The van der Waals surface area contributed by atoms with E-state index in [0.29, 0.717) is 38.1 Å². The highest BCUT2D eigenvalue weighted by atomic mass is 19.4. The van der Waals surface area contributed by atoms with Gasteiger partial charge in [-0.15, -0.1) is 0 Å². The van der Waals surface area contributed by atoms with E-state index in [-0.39, 0.29) is 36.5 Å². The summed E-state index contributed by atoms with van der Waals surface area (Å²) in [6.07, 6.45) is -7.92. The summed E-state index contributed by atoms with van der Waals surface area (Å²) in [6.45, 7) is 0.798. The van der Waals surface area contributed by atoms with E-state index in [1.807, 2.05) is 48.5 Å². The molecule has 3 nitrogen and oxygen atoms in total. The number of halogens is 6. The number of hydrogen-bond acceptors (Lipinski definition) is 2. The highest BCUT2D eigenvalue weighted by molar-refractivity contribution is 5.78. The lowest BCUT2D eigenvalue weighted by Crippen LogP contribution is -2.41. The summed E-state index contributed by atoms with van der Waals surface area (Å²) in [7, 11) is 0. The van der Waals surface area contributed by atoms with Crippen molar-refractivity contribution in [3.8, 4) is 16.9 Å². The number of rotatable bonds is 7. The molecule has 1 heterocycles. The second-order valence-corrected chi connectivity index (χ2v) is 9.43. The van der Waals surface area contributed by atoms with Crippen LogP contribution in [0.25, 0.3) is 11.1 Å². The fourth-order valence-electron chi connectivity index (χ4n) is 4.68. The van der Waals surface area contributed by atoms with E-state index in [0.717, 1.165) is 23.3 Å². The van der Waals surface area contributed by atoms with Crippen LogP contribution in [0.2, 0.25) is 0 Å². The maximum atomic E-state index is 13.1. The first-order valence-corrected chi connectivity index (χ1v) is 12.3. The first kappa shape index (κ1) is 27.5. The molecular formula is C29H27F6NO2. The van der Waals surface area contributed by atoms with Crippen LogP contribution in [0.5, 0.6) is 5.75 Å². The molecule has 1 saturated heterocycles. The van der Waals surface area contributed by atoms with Crippen molar-refractivity contribution in [3.63, 3.8) is 0 Å². The maximum Gasteiger partial charge on any atom is 0.416 e. The number of nitrogens with zero attached hydrogens (tertiary/aromatic N) is 1. The molecule has 0 saturated carbocycles. The SMILES string of the molecule is O=C(COc1ccccc1-c1ccccc1)N1CCC(CCc2cc(C(F)(F)F)cc(C(F)(F)F)c2)CC1. The predicted octanol–water partition coefficient (Wildman–Crippen LogP) is 7.64. The summed E-state index contributed by atoms with van der Waals surface area (Å²) < 4.78 is 84.5. The Labute approximate surface area is 217 Å². The number of alkyl halides is 6. The van der Waals surface area contributed by atoms with Crippen LogP contribution in [0.4, 0.5) is 26.3 Å². The predicted molar refractivity (Wildman–Crippen MR) is 131 cm³/mol. The molecule has 3 aromatic rings. The molecule has 9 heteroatoms. The first-order valence-electron chi connectivity index (χ1n) is 12.3. The average Bonchev–Trinajstić information content (AvgIpc) is 2.90. The summed E-state index contributed by atoms with van der Waals surface area (Å²) in [5, 5.41) is 0. The first-order chi connectivity index (χ1) is 18.0. The standard InChI is InChI=1S/C29H27F6NO2/c30-28(31,32)23-16-21(17-24(18-23)29(33,34)35)11-10-20-12-14-36(15-13-20)27(37)19-38-26-9-5-4-8-25(26)22-6-2-1-3-7-22/h1-9,16-18,20H,10-15,19H2. The monoisotopic (exact) mass is 535 g/mol. The van der Waals surface area contributed by atoms with E-state index >= 15 is 0 Å². The Kier molecular flexibility index (Phi) is 8.33. The number of ether oxygens (including phenoxy) is 1. The maximum absolute atomic E-state index is 13.1. The van der Waals surface area contributed by atoms with E-state index in [1.54, 1.807) is 11.0 Å². The zero-order valence-electron chi connectivity index (χ0n) is 20.5. The summed E-state index contributed by atoms with van der Waals surface area (Å²) in [4.78, 5) is 14.4.